The fraction of sp³-hybridized carbons (Fsp3) is 0.588. The number of ether oxygens (including phenoxy) is 1. The number of fused-ring (bicyclic) bond motifs is 1. The van der Waals surface area contributed by atoms with Gasteiger partial charge in [-0.25, -0.2) is 4.79 Å². The van der Waals surface area contributed by atoms with E-state index in [-0.39, 0.29) is 24.8 Å². The molecule has 1 aliphatic rings. The van der Waals surface area contributed by atoms with Gasteiger partial charge in [0.25, 0.3) is 0 Å². The van der Waals surface area contributed by atoms with Gasteiger partial charge in [0.05, 0.1) is 12.1 Å². The lowest BCUT2D eigenvalue weighted by atomic mass is 9.78. The van der Waals surface area contributed by atoms with E-state index < -0.39 is 45.2 Å². The molecular weight excluding hydrogens is 403 g/mol. The molecule has 11 heteroatoms. The molecule has 158 valence electrons. The normalized spacial score (nSPS) is 20.2. The Labute approximate surface area is 161 Å². The van der Waals surface area contributed by atoms with Crippen LogP contribution in [0.15, 0.2) is 18.2 Å². The van der Waals surface area contributed by atoms with Gasteiger partial charge in [0, 0.05) is 12.0 Å². The zero-order chi connectivity index (χ0) is 21.4. The van der Waals surface area contributed by atoms with Crippen LogP contribution in [0.25, 0.3) is 0 Å². The van der Waals surface area contributed by atoms with Gasteiger partial charge in [-0.2, -0.15) is 21.6 Å². The molecule has 1 amide bonds. The molecule has 0 fully saturated rings. The fourth-order valence-electron chi connectivity index (χ4n) is 2.89. The van der Waals surface area contributed by atoms with Crippen LogP contribution in [0.2, 0.25) is 0 Å². The van der Waals surface area contributed by atoms with Crippen molar-refractivity contribution in [3.8, 4) is 5.75 Å². The Hall–Kier alpha value is -2.01. The molecule has 1 unspecified atom stereocenters. The van der Waals surface area contributed by atoms with Crippen molar-refractivity contribution < 1.29 is 40.4 Å². The molecule has 0 spiro atoms. The minimum atomic E-state index is -5.85. The number of aliphatic hydroxyl groups excluding tert-OH is 1. The van der Waals surface area contributed by atoms with E-state index in [9.17, 15) is 31.5 Å². The minimum absolute atomic E-state index is 0.123. The van der Waals surface area contributed by atoms with E-state index in [0.717, 1.165) is 6.07 Å². The van der Waals surface area contributed by atoms with Gasteiger partial charge >= 0.3 is 21.7 Å². The van der Waals surface area contributed by atoms with Crippen LogP contribution in [-0.2, 0) is 27.7 Å². The number of benzene rings is 1. The maximum Gasteiger partial charge on any atom is 0.534 e. The summed E-state index contributed by atoms with van der Waals surface area (Å²) in [5.74, 6) is -0.488. The van der Waals surface area contributed by atoms with Crippen molar-refractivity contribution in [2.24, 2.45) is 0 Å². The summed E-state index contributed by atoms with van der Waals surface area (Å²) in [5, 5.41) is 12.4. The predicted octanol–water partition coefficient (Wildman–Crippen LogP) is 2.66. The molecule has 0 heterocycles. The Morgan fingerprint density at radius 3 is 2.46 bits per heavy atom. The highest BCUT2D eigenvalue weighted by Gasteiger charge is 2.49. The first-order chi connectivity index (χ1) is 12.7. The Morgan fingerprint density at radius 1 is 1.29 bits per heavy atom. The number of amides is 1. The van der Waals surface area contributed by atoms with E-state index in [1.165, 1.54) is 6.07 Å². The number of alkyl carbamates (subject to hydrolysis) is 1. The lowest BCUT2D eigenvalue weighted by Gasteiger charge is -2.38. The van der Waals surface area contributed by atoms with Crippen LogP contribution in [0.1, 0.15) is 38.3 Å². The molecule has 28 heavy (non-hydrogen) atoms. The Morgan fingerprint density at radius 2 is 1.93 bits per heavy atom. The van der Waals surface area contributed by atoms with Crippen molar-refractivity contribution in [1.82, 2.24) is 5.32 Å². The van der Waals surface area contributed by atoms with Crippen LogP contribution >= 0.6 is 0 Å². The number of aliphatic hydroxyl groups is 1. The summed E-state index contributed by atoms with van der Waals surface area (Å²) in [6, 6.07) is 4.10. The molecule has 1 aromatic rings. The lowest BCUT2D eigenvalue weighted by Crippen LogP contribution is -2.55. The second-order valence-electron chi connectivity index (χ2n) is 7.62. The van der Waals surface area contributed by atoms with Crippen LogP contribution in [-0.4, -0.2) is 42.9 Å². The monoisotopic (exact) mass is 425 g/mol. The van der Waals surface area contributed by atoms with Crippen molar-refractivity contribution in [3.63, 3.8) is 0 Å². The SMILES string of the molecule is CC(C)(C)OC(=O)NC1(CO)CCc2cccc(OS(=O)(=O)C(F)(F)F)c2C1. The third-order valence-electron chi connectivity index (χ3n) is 4.17. The minimum Gasteiger partial charge on any atom is -0.444 e. The molecule has 0 saturated carbocycles. The largest absolute Gasteiger partial charge is 0.534 e. The van der Waals surface area contributed by atoms with Crippen molar-refractivity contribution in [1.29, 1.82) is 0 Å². The van der Waals surface area contributed by atoms with E-state index in [4.69, 9.17) is 4.74 Å². The summed E-state index contributed by atoms with van der Waals surface area (Å²) in [6.07, 6.45) is -0.353. The van der Waals surface area contributed by atoms with Gasteiger partial charge in [-0.15, -0.1) is 0 Å². The molecule has 0 aromatic heterocycles. The van der Waals surface area contributed by atoms with E-state index >= 15 is 0 Å². The average molecular weight is 425 g/mol. The van der Waals surface area contributed by atoms with Crippen molar-refractivity contribution in [2.45, 2.75) is 56.7 Å². The van der Waals surface area contributed by atoms with Crippen molar-refractivity contribution in [3.05, 3.63) is 29.3 Å². The topological polar surface area (TPSA) is 102 Å². The Bertz CT molecular complexity index is 847. The molecular formula is C17H22F3NO6S. The summed E-state index contributed by atoms with van der Waals surface area (Å²) >= 11 is 0. The summed E-state index contributed by atoms with van der Waals surface area (Å²) in [5.41, 5.74) is -6.84. The van der Waals surface area contributed by atoms with Crippen LogP contribution < -0.4 is 9.50 Å². The molecule has 0 aliphatic heterocycles. The molecule has 2 N–H and O–H groups in total. The first kappa shape index (κ1) is 22.3. The van der Waals surface area contributed by atoms with Crippen LogP contribution in [0.4, 0.5) is 18.0 Å². The Kier molecular flexibility index (Phi) is 5.91. The molecule has 0 bridgehead atoms. The summed E-state index contributed by atoms with van der Waals surface area (Å²) < 4.78 is 70.3. The Balaban J connectivity index is 2.33. The van der Waals surface area contributed by atoms with Gasteiger partial charge in [-0.3, -0.25) is 0 Å². The van der Waals surface area contributed by atoms with E-state index in [0.29, 0.717) is 5.56 Å². The van der Waals surface area contributed by atoms with Crippen molar-refractivity contribution >= 4 is 16.2 Å². The van der Waals surface area contributed by atoms with Gasteiger partial charge < -0.3 is 19.3 Å². The molecule has 7 nitrogen and oxygen atoms in total. The number of alkyl halides is 3. The zero-order valence-electron chi connectivity index (χ0n) is 15.6. The molecule has 2 rings (SSSR count). The highest BCUT2D eigenvalue weighted by Crippen LogP contribution is 2.37. The number of hydrogen-bond donors (Lipinski definition) is 2. The van der Waals surface area contributed by atoms with E-state index in [2.05, 4.69) is 9.50 Å². The summed E-state index contributed by atoms with van der Waals surface area (Å²) in [6.45, 7) is 4.44. The van der Waals surface area contributed by atoms with E-state index in [1.807, 2.05) is 0 Å². The second kappa shape index (κ2) is 7.43. The number of rotatable bonds is 4. The van der Waals surface area contributed by atoms with Gasteiger partial charge in [-0.1, -0.05) is 12.1 Å². The second-order valence-corrected chi connectivity index (χ2v) is 9.16. The standard InChI is InChI=1S/C17H22F3NO6S/c1-15(2,3)26-14(23)21-16(10-22)8-7-11-5-4-6-13(12(11)9-16)27-28(24,25)17(18,19)20/h4-6,22H,7-10H2,1-3H3,(H,21,23). The van der Waals surface area contributed by atoms with Crippen LogP contribution in [0, 0.1) is 0 Å². The number of carbonyl (C=O) groups excluding carboxylic acids is 1. The van der Waals surface area contributed by atoms with Crippen LogP contribution in [0.3, 0.4) is 0 Å². The third-order valence-corrected chi connectivity index (χ3v) is 5.14. The lowest BCUT2D eigenvalue weighted by molar-refractivity contribution is -0.0500. The van der Waals surface area contributed by atoms with Crippen molar-refractivity contribution in [2.75, 3.05) is 6.61 Å². The molecule has 1 aliphatic carbocycles. The molecule has 0 radical (unpaired) electrons. The smallest absolute Gasteiger partial charge is 0.444 e. The van der Waals surface area contributed by atoms with Gasteiger partial charge in [-0.05, 0) is 45.2 Å². The highest BCUT2D eigenvalue weighted by atomic mass is 32.2. The first-order valence-corrected chi connectivity index (χ1v) is 9.82. The highest BCUT2D eigenvalue weighted by molar-refractivity contribution is 7.88. The molecule has 0 saturated heterocycles. The number of nitrogens with one attached hydrogen (secondary N) is 1. The maximum atomic E-state index is 12.7. The quantitative estimate of drug-likeness (QED) is 0.568. The molecule has 1 aromatic carbocycles. The predicted molar refractivity (Wildman–Crippen MR) is 93.3 cm³/mol. The van der Waals surface area contributed by atoms with E-state index in [1.54, 1.807) is 26.8 Å². The van der Waals surface area contributed by atoms with Gasteiger partial charge in [0.2, 0.25) is 0 Å². The third kappa shape index (κ3) is 5.07. The number of carbonyl (C=O) groups is 1. The van der Waals surface area contributed by atoms with Gasteiger partial charge in [0.15, 0.2) is 0 Å². The van der Waals surface area contributed by atoms with Gasteiger partial charge in [0.1, 0.15) is 11.4 Å². The zero-order valence-corrected chi connectivity index (χ0v) is 16.4. The first-order valence-electron chi connectivity index (χ1n) is 8.42. The summed E-state index contributed by atoms with van der Waals surface area (Å²) in [4.78, 5) is 12.1. The molecule has 1 atom stereocenters. The summed E-state index contributed by atoms with van der Waals surface area (Å²) in [7, 11) is -5.85. The maximum absolute atomic E-state index is 12.7. The fourth-order valence-corrected chi connectivity index (χ4v) is 3.38. The number of halogens is 3. The number of aryl methyl sites for hydroxylation is 1. The number of hydrogen-bond acceptors (Lipinski definition) is 6. The average Bonchev–Trinajstić information content (AvgIpc) is 2.52. The van der Waals surface area contributed by atoms with Crippen LogP contribution in [0.5, 0.6) is 5.75 Å².